The molecule has 0 fully saturated rings. The maximum atomic E-state index is 12.3. The zero-order valence-electron chi connectivity index (χ0n) is 8.38. The molecular weight excluding hydrogens is 219 g/mol. The second-order valence-electron chi connectivity index (χ2n) is 3.40. The Morgan fingerprint density at radius 1 is 1.12 bits per heavy atom. The molecule has 0 radical (unpaired) electrons. The number of oxazole rings is 1. The Morgan fingerprint density at radius 2 is 1.75 bits per heavy atom. The Balaban J connectivity index is 2.35. The smallest absolute Gasteiger partial charge is 0.436 e. The topological polar surface area (TPSA) is 26.0 Å². The molecule has 2 nitrogen and oxygen atoms in total. The molecular formula is C11H8F3NO. The predicted octanol–water partition coefficient (Wildman–Crippen LogP) is 3.67. The van der Waals surface area contributed by atoms with Crippen LogP contribution in [-0.4, -0.2) is 4.98 Å². The molecule has 0 bridgehead atoms. The fourth-order valence-corrected chi connectivity index (χ4v) is 1.23. The minimum Gasteiger partial charge on any atom is -0.444 e. The lowest BCUT2D eigenvalue weighted by molar-refractivity contribution is -0.141. The van der Waals surface area contributed by atoms with Gasteiger partial charge in [0, 0.05) is 5.56 Å². The summed E-state index contributed by atoms with van der Waals surface area (Å²) < 4.78 is 41.6. The Kier molecular flexibility index (Phi) is 2.46. The fraction of sp³-hybridized carbons (Fsp3) is 0.182. The number of rotatable bonds is 1. The van der Waals surface area contributed by atoms with Crippen LogP contribution in [0.2, 0.25) is 0 Å². The predicted molar refractivity (Wildman–Crippen MR) is 51.7 cm³/mol. The molecule has 0 saturated heterocycles. The van der Waals surface area contributed by atoms with Crippen LogP contribution in [0.15, 0.2) is 34.9 Å². The molecule has 0 N–H and O–H groups in total. The molecule has 0 saturated carbocycles. The SMILES string of the molecule is Cc1ccc(-c2nc(C(F)(F)F)co2)cc1. The number of aromatic nitrogens is 1. The summed E-state index contributed by atoms with van der Waals surface area (Å²) in [6.07, 6.45) is -3.85. The third kappa shape index (κ3) is 2.08. The van der Waals surface area contributed by atoms with E-state index in [2.05, 4.69) is 4.98 Å². The van der Waals surface area contributed by atoms with Crippen molar-refractivity contribution >= 4 is 0 Å². The van der Waals surface area contributed by atoms with E-state index in [0.717, 1.165) is 5.56 Å². The van der Waals surface area contributed by atoms with Crippen molar-refractivity contribution in [3.63, 3.8) is 0 Å². The summed E-state index contributed by atoms with van der Waals surface area (Å²) in [5, 5.41) is 0. The maximum Gasteiger partial charge on any atom is 0.436 e. The van der Waals surface area contributed by atoms with Gasteiger partial charge in [0.15, 0.2) is 5.69 Å². The first kappa shape index (κ1) is 10.7. The lowest BCUT2D eigenvalue weighted by Crippen LogP contribution is -2.04. The molecule has 0 aliphatic heterocycles. The standard InChI is InChI=1S/C11H8F3NO/c1-7-2-4-8(5-3-7)10-15-9(6-16-10)11(12,13)14/h2-6H,1H3. The number of aryl methyl sites for hydroxylation is 1. The molecule has 2 aromatic rings. The van der Waals surface area contributed by atoms with Crippen molar-refractivity contribution in [2.24, 2.45) is 0 Å². The third-order valence-electron chi connectivity index (χ3n) is 2.09. The monoisotopic (exact) mass is 227 g/mol. The first-order valence-electron chi connectivity index (χ1n) is 4.56. The number of halogens is 3. The molecule has 0 aliphatic carbocycles. The number of alkyl halides is 3. The molecule has 16 heavy (non-hydrogen) atoms. The van der Waals surface area contributed by atoms with Gasteiger partial charge in [0.05, 0.1) is 0 Å². The van der Waals surface area contributed by atoms with E-state index in [1.54, 1.807) is 24.3 Å². The highest BCUT2D eigenvalue weighted by Gasteiger charge is 2.34. The van der Waals surface area contributed by atoms with Crippen LogP contribution in [-0.2, 0) is 6.18 Å². The maximum absolute atomic E-state index is 12.3. The molecule has 0 atom stereocenters. The molecule has 1 aromatic carbocycles. The Labute approximate surface area is 89.7 Å². The Hall–Kier alpha value is -1.78. The van der Waals surface area contributed by atoms with Crippen LogP contribution in [0.3, 0.4) is 0 Å². The van der Waals surface area contributed by atoms with Crippen LogP contribution in [0, 0.1) is 6.92 Å². The summed E-state index contributed by atoms with van der Waals surface area (Å²) in [6, 6.07) is 6.90. The van der Waals surface area contributed by atoms with Gasteiger partial charge in [0.2, 0.25) is 5.89 Å². The van der Waals surface area contributed by atoms with Crippen LogP contribution in [0.5, 0.6) is 0 Å². The summed E-state index contributed by atoms with van der Waals surface area (Å²) in [5.74, 6) is -0.0210. The second-order valence-corrected chi connectivity index (χ2v) is 3.40. The van der Waals surface area contributed by atoms with E-state index in [1.807, 2.05) is 6.92 Å². The number of nitrogens with zero attached hydrogens (tertiary/aromatic N) is 1. The molecule has 0 aliphatic rings. The largest absolute Gasteiger partial charge is 0.444 e. The van der Waals surface area contributed by atoms with Crippen LogP contribution in [0.1, 0.15) is 11.3 Å². The lowest BCUT2D eigenvalue weighted by atomic mass is 10.1. The van der Waals surface area contributed by atoms with Crippen molar-refractivity contribution in [3.05, 3.63) is 41.8 Å². The van der Waals surface area contributed by atoms with Crippen molar-refractivity contribution in [1.82, 2.24) is 4.98 Å². The highest BCUT2D eigenvalue weighted by atomic mass is 19.4. The van der Waals surface area contributed by atoms with Crippen LogP contribution < -0.4 is 0 Å². The average molecular weight is 227 g/mol. The summed E-state index contributed by atoms with van der Waals surface area (Å²) in [6.45, 7) is 1.89. The van der Waals surface area contributed by atoms with E-state index in [4.69, 9.17) is 4.42 Å². The first-order valence-corrected chi connectivity index (χ1v) is 4.56. The van der Waals surface area contributed by atoms with E-state index in [0.29, 0.717) is 11.8 Å². The van der Waals surface area contributed by atoms with E-state index in [1.165, 1.54) is 0 Å². The minimum absolute atomic E-state index is 0.0210. The van der Waals surface area contributed by atoms with Crippen molar-refractivity contribution < 1.29 is 17.6 Å². The molecule has 2 rings (SSSR count). The second kappa shape index (κ2) is 3.66. The highest BCUT2D eigenvalue weighted by Crippen LogP contribution is 2.30. The molecule has 0 unspecified atom stereocenters. The average Bonchev–Trinajstić information content (AvgIpc) is 2.67. The van der Waals surface area contributed by atoms with Gasteiger partial charge in [-0.25, -0.2) is 4.98 Å². The fourth-order valence-electron chi connectivity index (χ4n) is 1.23. The van der Waals surface area contributed by atoms with Crippen molar-refractivity contribution in [2.75, 3.05) is 0 Å². The normalized spacial score (nSPS) is 11.8. The van der Waals surface area contributed by atoms with Gasteiger partial charge in [-0.1, -0.05) is 17.7 Å². The van der Waals surface area contributed by atoms with Gasteiger partial charge in [-0.05, 0) is 19.1 Å². The Morgan fingerprint density at radius 3 is 2.25 bits per heavy atom. The van der Waals surface area contributed by atoms with Gasteiger partial charge in [0.1, 0.15) is 6.26 Å². The van der Waals surface area contributed by atoms with E-state index in [9.17, 15) is 13.2 Å². The zero-order valence-corrected chi connectivity index (χ0v) is 8.38. The van der Waals surface area contributed by atoms with E-state index in [-0.39, 0.29) is 5.89 Å². The van der Waals surface area contributed by atoms with Gasteiger partial charge in [-0.15, -0.1) is 0 Å². The number of benzene rings is 1. The molecule has 1 heterocycles. The van der Waals surface area contributed by atoms with Gasteiger partial charge in [-0.3, -0.25) is 0 Å². The highest BCUT2D eigenvalue weighted by molar-refractivity contribution is 5.53. The molecule has 1 aromatic heterocycles. The molecule has 0 spiro atoms. The van der Waals surface area contributed by atoms with Gasteiger partial charge < -0.3 is 4.42 Å². The number of hydrogen-bond acceptors (Lipinski definition) is 2. The minimum atomic E-state index is -4.47. The van der Waals surface area contributed by atoms with Crippen LogP contribution in [0.4, 0.5) is 13.2 Å². The summed E-state index contributed by atoms with van der Waals surface area (Å²) in [5.41, 5.74) is 0.538. The van der Waals surface area contributed by atoms with Gasteiger partial charge in [-0.2, -0.15) is 13.2 Å². The molecule has 5 heteroatoms. The van der Waals surface area contributed by atoms with Crippen molar-refractivity contribution in [1.29, 1.82) is 0 Å². The summed E-state index contributed by atoms with van der Waals surface area (Å²) in [7, 11) is 0. The van der Waals surface area contributed by atoms with Crippen molar-refractivity contribution in [3.8, 4) is 11.5 Å². The molecule has 0 amide bonds. The Bertz CT molecular complexity index is 485. The quantitative estimate of drug-likeness (QED) is 0.742. The third-order valence-corrected chi connectivity index (χ3v) is 2.09. The van der Waals surface area contributed by atoms with Gasteiger partial charge >= 0.3 is 6.18 Å². The first-order chi connectivity index (χ1) is 7.47. The van der Waals surface area contributed by atoms with Crippen molar-refractivity contribution in [2.45, 2.75) is 13.1 Å². The van der Waals surface area contributed by atoms with Gasteiger partial charge in [0.25, 0.3) is 0 Å². The van der Waals surface area contributed by atoms with Crippen LogP contribution in [0.25, 0.3) is 11.5 Å². The summed E-state index contributed by atoms with van der Waals surface area (Å²) in [4.78, 5) is 3.39. The number of hydrogen-bond donors (Lipinski definition) is 0. The molecule has 84 valence electrons. The zero-order chi connectivity index (χ0) is 11.8. The van der Waals surface area contributed by atoms with E-state index < -0.39 is 11.9 Å². The summed E-state index contributed by atoms with van der Waals surface area (Å²) >= 11 is 0. The van der Waals surface area contributed by atoms with E-state index >= 15 is 0 Å². The lowest BCUT2D eigenvalue weighted by Gasteiger charge is -1.98. The van der Waals surface area contributed by atoms with Crippen LogP contribution >= 0.6 is 0 Å².